The zero-order chi connectivity index (χ0) is 10.9. The lowest BCUT2D eigenvalue weighted by Gasteiger charge is -2.15. The van der Waals surface area contributed by atoms with E-state index in [-0.39, 0.29) is 13.0 Å². The summed E-state index contributed by atoms with van der Waals surface area (Å²) in [7, 11) is -4.65. The molecule has 1 saturated heterocycles. The predicted molar refractivity (Wildman–Crippen MR) is 42.8 cm³/mol. The molecule has 14 heavy (non-hydrogen) atoms. The summed E-state index contributed by atoms with van der Waals surface area (Å²) in [5, 5.41) is 9.38. The second kappa shape index (κ2) is 3.77. The van der Waals surface area contributed by atoms with Gasteiger partial charge in [0.15, 0.2) is 0 Å². The van der Waals surface area contributed by atoms with Crippen LogP contribution in [0, 0.1) is 0 Å². The third kappa shape index (κ3) is 1.85. The first kappa shape index (κ1) is 11.3. The van der Waals surface area contributed by atoms with Gasteiger partial charge in [-0.2, -0.15) is 8.78 Å². The predicted octanol–water partition coefficient (Wildman–Crippen LogP) is -0.561. The molecule has 0 bridgehead atoms. The maximum absolute atomic E-state index is 12.1. The number of carbonyl (C=O) groups is 1. The molecule has 2 N–H and O–H groups in total. The quantitative estimate of drug-likeness (QED) is 0.677. The van der Waals surface area contributed by atoms with Gasteiger partial charge in [0.25, 0.3) is 0 Å². The highest BCUT2D eigenvalue weighted by Gasteiger charge is 2.45. The van der Waals surface area contributed by atoms with E-state index in [1.165, 1.54) is 0 Å². The molecule has 2 atom stereocenters. The summed E-state index contributed by atoms with van der Waals surface area (Å²) in [6.07, 6.45) is -0.0936. The zero-order valence-electron chi connectivity index (χ0n) is 6.98. The molecule has 5 nitrogen and oxygen atoms in total. The molecule has 82 valence electrons. The first-order chi connectivity index (χ1) is 6.37. The van der Waals surface area contributed by atoms with Crippen molar-refractivity contribution >= 4 is 15.8 Å². The molecule has 0 spiro atoms. The molecule has 1 heterocycles. The van der Waals surface area contributed by atoms with E-state index >= 15 is 0 Å². The van der Waals surface area contributed by atoms with Crippen LogP contribution >= 0.6 is 0 Å². The van der Waals surface area contributed by atoms with E-state index in [1.54, 1.807) is 0 Å². The summed E-state index contributed by atoms with van der Waals surface area (Å²) in [6.45, 7) is 0.119. The summed E-state index contributed by atoms with van der Waals surface area (Å²) >= 11 is 0. The van der Waals surface area contributed by atoms with Crippen LogP contribution in [0.3, 0.4) is 0 Å². The molecule has 1 aliphatic heterocycles. The number of rotatable bonds is 3. The van der Waals surface area contributed by atoms with Gasteiger partial charge in [0, 0.05) is 0 Å². The molecular weight excluding hydrogens is 220 g/mol. The molecule has 8 heteroatoms. The molecule has 0 radical (unpaired) electrons. The summed E-state index contributed by atoms with van der Waals surface area (Å²) < 4.78 is 46.2. The molecular formula is C6H9F2NO4S. The number of halogens is 2. The Labute approximate surface area is 79.0 Å². The largest absolute Gasteiger partial charge is 0.480 e. The second-order valence-corrected chi connectivity index (χ2v) is 5.09. The summed E-state index contributed by atoms with van der Waals surface area (Å²) in [6, 6.07) is -1.42. The van der Waals surface area contributed by atoms with E-state index in [9.17, 15) is 22.0 Å². The monoisotopic (exact) mass is 229 g/mol. The van der Waals surface area contributed by atoms with Crippen LogP contribution in [-0.4, -0.2) is 43.1 Å². The van der Waals surface area contributed by atoms with Crippen molar-refractivity contribution in [1.82, 2.24) is 5.32 Å². The summed E-state index contributed by atoms with van der Waals surface area (Å²) in [5.41, 5.74) is 0. The molecule has 0 aliphatic carbocycles. The van der Waals surface area contributed by atoms with Gasteiger partial charge in [-0.05, 0) is 13.0 Å². The molecule has 0 aromatic rings. The molecule has 0 aromatic carbocycles. The highest BCUT2D eigenvalue weighted by Crippen LogP contribution is 2.22. The van der Waals surface area contributed by atoms with Crippen molar-refractivity contribution in [3.63, 3.8) is 0 Å². The highest BCUT2D eigenvalue weighted by atomic mass is 32.2. The average molecular weight is 229 g/mol. The van der Waals surface area contributed by atoms with Crippen LogP contribution in [0.15, 0.2) is 0 Å². The normalized spacial score (nSPS) is 28.2. The Bertz CT molecular complexity index is 329. The van der Waals surface area contributed by atoms with E-state index in [1.807, 2.05) is 0 Å². The Morgan fingerprint density at radius 3 is 2.50 bits per heavy atom. The number of carboxylic acid groups (broad SMARTS) is 1. The molecule has 1 aliphatic rings. The standard InChI is InChI=1S/C6H9F2NO4S/c7-6(8)14(12,13)3-1-2-9-4(3)5(10)11/h3-4,6,9H,1-2H2,(H,10,11)/t3-,4-/m0/s1. The number of carboxylic acids is 1. The smallest absolute Gasteiger partial charge is 0.337 e. The van der Waals surface area contributed by atoms with Gasteiger partial charge in [-0.3, -0.25) is 4.79 Å². The summed E-state index contributed by atoms with van der Waals surface area (Å²) in [5.74, 6) is -4.94. The third-order valence-electron chi connectivity index (χ3n) is 2.10. The van der Waals surface area contributed by atoms with Crippen LogP contribution in [0.25, 0.3) is 0 Å². The molecule has 1 rings (SSSR count). The number of hydrogen-bond donors (Lipinski definition) is 2. The maximum atomic E-state index is 12.1. The second-order valence-electron chi connectivity index (χ2n) is 2.95. The lowest BCUT2D eigenvalue weighted by molar-refractivity contribution is -0.138. The van der Waals surface area contributed by atoms with E-state index in [0.717, 1.165) is 0 Å². The van der Waals surface area contributed by atoms with Gasteiger partial charge in [-0.15, -0.1) is 0 Å². The van der Waals surface area contributed by atoms with Gasteiger partial charge >= 0.3 is 11.7 Å². The Morgan fingerprint density at radius 2 is 2.07 bits per heavy atom. The van der Waals surface area contributed by atoms with Gasteiger partial charge in [0.2, 0.25) is 9.84 Å². The van der Waals surface area contributed by atoms with Crippen molar-refractivity contribution in [2.45, 2.75) is 23.5 Å². The first-order valence-electron chi connectivity index (χ1n) is 3.84. The van der Waals surface area contributed by atoms with E-state index < -0.39 is 32.9 Å². The minimum atomic E-state index is -4.65. The lowest BCUT2D eigenvalue weighted by atomic mass is 10.2. The maximum Gasteiger partial charge on any atom is 0.337 e. The number of nitrogens with one attached hydrogen (secondary N) is 1. The molecule has 0 amide bonds. The average Bonchev–Trinajstić information content (AvgIpc) is 2.51. The third-order valence-corrected chi connectivity index (χ3v) is 3.95. The Hall–Kier alpha value is -0.760. The van der Waals surface area contributed by atoms with Crippen LogP contribution in [0.1, 0.15) is 6.42 Å². The Morgan fingerprint density at radius 1 is 1.50 bits per heavy atom. The van der Waals surface area contributed by atoms with Gasteiger partial charge in [-0.1, -0.05) is 0 Å². The lowest BCUT2D eigenvalue weighted by Crippen LogP contribution is -2.43. The minimum Gasteiger partial charge on any atom is -0.480 e. The SMILES string of the molecule is O=C(O)[C@H]1NCC[C@@H]1S(=O)(=O)C(F)F. The Kier molecular flexibility index (Phi) is 3.05. The van der Waals surface area contributed by atoms with E-state index in [0.29, 0.717) is 0 Å². The summed E-state index contributed by atoms with van der Waals surface area (Å²) in [4.78, 5) is 10.5. The molecule has 0 aromatic heterocycles. The fraction of sp³-hybridized carbons (Fsp3) is 0.833. The van der Waals surface area contributed by atoms with Gasteiger partial charge in [0.1, 0.15) is 6.04 Å². The van der Waals surface area contributed by atoms with Crippen molar-refractivity contribution in [2.75, 3.05) is 6.54 Å². The highest BCUT2D eigenvalue weighted by molar-refractivity contribution is 7.92. The first-order valence-corrected chi connectivity index (χ1v) is 5.45. The van der Waals surface area contributed by atoms with Gasteiger partial charge < -0.3 is 10.4 Å². The number of alkyl halides is 2. The van der Waals surface area contributed by atoms with Crippen molar-refractivity contribution < 1.29 is 27.1 Å². The number of hydrogen-bond acceptors (Lipinski definition) is 4. The van der Waals surface area contributed by atoms with Crippen LogP contribution in [-0.2, 0) is 14.6 Å². The van der Waals surface area contributed by atoms with Crippen LogP contribution < -0.4 is 5.32 Å². The van der Waals surface area contributed by atoms with Crippen molar-refractivity contribution in [2.24, 2.45) is 0 Å². The zero-order valence-corrected chi connectivity index (χ0v) is 7.80. The van der Waals surface area contributed by atoms with E-state index in [2.05, 4.69) is 5.32 Å². The van der Waals surface area contributed by atoms with Crippen LogP contribution in [0.2, 0.25) is 0 Å². The number of sulfone groups is 1. The molecule has 0 saturated carbocycles. The molecule has 0 unspecified atom stereocenters. The topological polar surface area (TPSA) is 83.5 Å². The molecule has 1 fully saturated rings. The minimum absolute atomic E-state index is 0.0936. The van der Waals surface area contributed by atoms with Gasteiger partial charge in [-0.25, -0.2) is 8.42 Å². The van der Waals surface area contributed by atoms with E-state index in [4.69, 9.17) is 5.11 Å². The van der Waals surface area contributed by atoms with Crippen molar-refractivity contribution in [1.29, 1.82) is 0 Å². The van der Waals surface area contributed by atoms with Crippen LogP contribution in [0.4, 0.5) is 8.78 Å². The van der Waals surface area contributed by atoms with Crippen molar-refractivity contribution in [3.05, 3.63) is 0 Å². The number of aliphatic carboxylic acids is 1. The Balaban J connectivity index is 2.93. The fourth-order valence-corrected chi connectivity index (χ4v) is 2.71. The van der Waals surface area contributed by atoms with Gasteiger partial charge in [0.05, 0.1) is 5.25 Å². The fourth-order valence-electron chi connectivity index (χ4n) is 1.41. The van der Waals surface area contributed by atoms with Crippen molar-refractivity contribution in [3.8, 4) is 0 Å². The van der Waals surface area contributed by atoms with Crippen LogP contribution in [0.5, 0.6) is 0 Å².